The first-order valence-electron chi connectivity index (χ1n) is 3.44. The lowest BCUT2D eigenvalue weighted by Crippen LogP contribution is -2.19. The van der Waals surface area contributed by atoms with Crippen molar-refractivity contribution in [1.29, 1.82) is 0 Å². The molecule has 0 aliphatic heterocycles. The summed E-state index contributed by atoms with van der Waals surface area (Å²) >= 11 is 0. The zero-order valence-corrected chi connectivity index (χ0v) is 6.41. The van der Waals surface area contributed by atoms with Crippen LogP contribution in [0.15, 0.2) is 0 Å². The lowest BCUT2D eigenvalue weighted by atomic mass is 10.6. The Balaban J connectivity index is 2.95. The van der Waals surface area contributed by atoms with Gasteiger partial charge in [-0.3, -0.25) is 4.79 Å². The van der Waals surface area contributed by atoms with Crippen LogP contribution < -0.4 is 11.5 Å². The Labute approximate surface area is 65.6 Å². The zero-order chi connectivity index (χ0) is 8.53. The molecule has 5 heteroatoms. The highest BCUT2D eigenvalue weighted by molar-refractivity contribution is 5.71. The quantitative estimate of drug-likeness (QED) is 0.365. The van der Waals surface area contributed by atoms with E-state index in [1.54, 1.807) is 0 Å². The standard InChI is InChI=1S/C6H14N2O3/c7-1-2-10-3-4-11-6(9)5-8/h1-5,7-8H2. The molecule has 0 bridgehead atoms. The van der Waals surface area contributed by atoms with E-state index in [0.29, 0.717) is 19.8 Å². The van der Waals surface area contributed by atoms with Gasteiger partial charge in [-0.1, -0.05) is 0 Å². The number of hydrogen-bond acceptors (Lipinski definition) is 5. The van der Waals surface area contributed by atoms with Crippen molar-refractivity contribution in [2.75, 3.05) is 32.9 Å². The molecule has 0 aliphatic rings. The van der Waals surface area contributed by atoms with Gasteiger partial charge in [-0.15, -0.1) is 0 Å². The number of nitrogens with two attached hydrogens (primary N) is 2. The number of esters is 1. The van der Waals surface area contributed by atoms with Crippen molar-refractivity contribution in [3.63, 3.8) is 0 Å². The molecule has 0 heterocycles. The van der Waals surface area contributed by atoms with Crippen LogP contribution in [0.25, 0.3) is 0 Å². The fourth-order valence-electron chi connectivity index (χ4n) is 0.459. The monoisotopic (exact) mass is 162 g/mol. The molecule has 0 unspecified atom stereocenters. The van der Waals surface area contributed by atoms with Crippen molar-refractivity contribution < 1.29 is 14.3 Å². The van der Waals surface area contributed by atoms with Crippen molar-refractivity contribution in [1.82, 2.24) is 0 Å². The summed E-state index contributed by atoms with van der Waals surface area (Å²) in [5.41, 5.74) is 10.1. The fraction of sp³-hybridized carbons (Fsp3) is 0.833. The molecule has 11 heavy (non-hydrogen) atoms. The second-order valence-electron chi connectivity index (χ2n) is 1.83. The van der Waals surface area contributed by atoms with Gasteiger partial charge in [-0.2, -0.15) is 0 Å². The molecule has 5 nitrogen and oxygen atoms in total. The summed E-state index contributed by atoms with van der Waals surface area (Å²) in [6.07, 6.45) is 0. The molecule has 0 aliphatic carbocycles. The van der Waals surface area contributed by atoms with E-state index >= 15 is 0 Å². The fourth-order valence-corrected chi connectivity index (χ4v) is 0.459. The van der Waals surface area contributed by atoms with Gasteiger partial charge in [0.2, 0.25) is 0 Å². The van der Waals surface area contributed by atoms with Gasteiger partial charge in [-0.05, 0) is 0 Å². The van der Waals surface area contributed by atoms with E-state index < -0.39 is 5.97 Å². The highest BCUT2D eigenvalue weighted by Crippen LogP contribution is 1.77. The first kappa shape index (κ1) is 10.3. The summed E-state index contributed by atoms with van der Waals surface area (Å²) in [4.78, 5) is 10.4. The van der Waals surface area contributed by atoms with E-state index in [2.05, 4.69) is 4.74 Å². The third-order valence-corrected chi connectivity index (χ3v) is 0.920. The number of ether oxygens (including phenoxy) is 2. The van der Waals surface area contributed by atoms with Crippen LogP contribution >= 0.6 is 0 Å². The minimum absolute atomic E-state index is 0.0864. The number of rotatable bonds is 6. The van der Waals surface area contributed by atoms with Crippen molar-refractivity contribution in [3.05, 3.63) is 0 Å². The van der Waals surface area contributed by atoms with E-state index in [1.807, 2.05) is 0 Å². The Hall–Kier alpha value is -0.650. The maximum absolute atomic E-state index is 10.4. The van der Waals surface area contributed by atoms with Crippen molar-refractivity contribution >= 4 is 5.97 Å². The molecule has 0 aromatic carbocycles. The summed E-state index contributed by atoms with van der Waals surface area (Å²) in [7, 11) is 0. The first-order chi connectivity index (χ1) is 5.31. The average molecular weight is 162 g/mol. The second-order valence-corrected chi connectivity index (χ2v) is 1.83. The lowest BCUT2D eigenvalue weighted by Gasteiger charge is -2.02. The van der Waals surface area contributed by atoms with Gasteiger partial charge < -0.3 is 20.9 Å². The SMILES string of the molecule is NCCOCCOC(=O)CN. The Morgan fingerprint density at radius 3 is 2.45 bits per heavy atom. The molecular formula is C6H14N2O3. The Morgan fingerprint density at radius 2 is 1.91 bits per heavy atom. The smallest absolute Gasteiger partial charge is 0.319 e. The normalized spacial score (nSPS) is 9.64. The van der Waals surface area contributed by atoms with Gasteiger partial charge in [0.25, 0.3) is 0 Å². The van der Waals surface area contributed by atoms with Crippen LogP contribution in [-0.4, -0.2) is 38.9 Å². The highest BCUT2D eigenvalue weighted by atomic mass is 16.6. The molecule has 0 aromatic rings. The predicted molar refractivity (Wildman–Crippen MR) is 39.9 cm³/mol. The Bertz CT molecular complexity index is 108. The van der Waals surface area contributed by atoms with Gasteiger partial charge in [-0.25, -0.2) is 0 Å². The lowest BCUT2D eigenvalue weighted by molar-refractivity contribution is -0.143. The largest absolute Gasteiger partial charge is 0.462 e. The number of hydrogen-bond donors (Lipinski definition) is 2. The van der Waals surface area contributed by atoms with E-state index in [-0.39, 0.29) is 13.2 Å². The molecule has 0 atom stereocenters. The van der Waals surface area contributed by atoms with Crippen LogP contribution in [0.4, 0.5) is 0 Å². The van der Waals surface area contributed by atoms with Crippen LogP contribution in [0, 0.1) is 0 Å². The minimum atomic E-state index is -0.415. The number of carbonyl (C=O) groups is 1. The molecule has 0 spiro atoms. The van der Waals surface area contributed by atoms with Crippen molar-refractivity contribution in [2.24, 2.45) is 11.5 Å². The molecule has 0 radical (unpaired) electrons. The Morgan fingerprint density at radius 1 is 1.18 bits per heavy atom. The number of carbonyl (C=O) groups excluding carboxylic acids is 1. The van der Waals surface area contributed by atoms with Crippen molar-refractivity contribution in [3.8, 4) is 0 Å². The van der Waals surface area contributed by atoms with Gasteiger partial charge in [0.05, 0.1) is 19.8 Å². The topological polar surface area (TPSA) is 87.6 Å². The van der Waals surface area contributed by atoms with Gasteiger partial charge in [0.15, 0.2) is 0 Å². The van der Waals surface area contributed by atoms with Crippen LogP contribution in [0.5, 0.6) is 0 Å². The maximum Gasteiger partial charge on any atom is 0.319 e. The molecule has 0 amide bonds. The molecule has 4 N–H and O–H groups in total. The van der Waals surface area contributed by atoms with E-state index in [0.717, 1.165) is 0 Å². The third kappa shape index (κ3) is 7.24. The molecular weight excluding hydrogens is 148 g/mol. The van der Waals surface area contributed by atoms with Gasteiger partial charge in [0.1, 0.15) is 6.61 Å². The zero-order valence-electron chi connectivity index (χ0n) is 6.41. The van der Waals surface area contributed by atoms with E-state index in [4.69, 9.17) is 16.2 Å². The molecule has 0 fully saturated rings. The maximum atomic E-state index is 10.4. The molecule has 66 valence electrons. The molecule has 0 aromatic heterocycles. The van der Waals surface area contributed by atoms with Crippen LogP contribution in [-0.2, 0) is 14.3 Å². The molecule has 0 saturated heterocycles. The van der Waals surface area contributed by atoms with E-state index in [9.17, 15) is 4.79 Å². The van der Waals surface area contributed by atoms with Crippen LogP contribution in [0.1, 0.15) is 0 Å². The first-order valence-corrected chi connectivity index (χ1v) is 3.44. The van der Waals surface area contributed by atoms with E-state index in [1.165, 1.54) is 0 Å². The minimum Gasteiger partial charge on any atom is -0.462 e. The summed E-state index contributed by atoms with van der Waals surface area (Å²) in [5.74, 6) is -0.415. The van der Waals surface area contributed by atoms with Crippen molar-refractivity contribution in [2.45, 2.75) is 0 Å². The predicted octanol–water partition coefficient (Wildman–Crippen LogP) is -1.54. The summed E-state index contributed by atoms with van der Waals surface area (Å²) in [6.45, 7) is 1.50. The molecule has 0 rings (SSSR count). The molecule has 0 saturated carbocycles. The summed E-state index contributed by atoms with van der Waals surface area (Å²) in [5, 5.41) is 0. The van der Waals surface area contributed by atoms with Crippen LogP contribution in [0.2, 0.25) is 0 Å². The third-order valence-electron chi connectivity index (χ3n) is 0.920. The average Bonchev–Trinajstić information content (AvgIpc) is 2.04. The van der Waals surface area contributed by atoms with Gasteiger partial charge >= 0.3 is 5.97 Å². The summed E-state index contributed by atoms with van der Waals surface area (Å²) in [6, 6.07) is 0. The van der Waals surface area contributed by atoms with Crippen LogP contribution in [0.3, 0.4) is 0 Å². The second kappa shape index (κ2) is 7.46. The summed E-state index contributed by atoms with van der Waals surface area (Å²) < 4.78 is 9.54. The highest BCUT2D eigenvalue weighted by Gasteiger charge is 1.96. The van der Waals surface area contributed by atoms with Gasteiger partial charge in [0, 0.05) is 6.54 Å². The Kier molecular flexibility index (Phi) is 7.02.